The van der Waals surface area contributed by atoms with Gasteiger partial charge in [0.25, 0.3) is 0 Å². The molecule has 17 heavy (non-hydrogen) atoms. The Labute approximate surface area is 105 Å². The van der Waals surface area contributed by atoms with Gasteiger partial charge in [0.15, 0.2) is 5.11 Å². The molecule has 1 saturated heterocycles. The Morgan fingerprint density at radius 3 is 2.47 bits per heavy atom. The predicted octanol–water partition coefficient (Wildman–Crippen LogP) is 1.98. The van der Waals surface area contributed by atoms with E-state index < -0.39 is 0 Å². The summed E-state index contributed by atoms with van der Waals surface area (Å²) in [6, 6.07) is 6.09. The van der Waals surface area contributed by atoms with E-state index in [1.54, 1.807) is 12.1 Å². The molecule has 0 atom stereocenters. The van der Waals surface area contributed by atoms with E-state index in [2.05, 4.69) is 5.32 Å². The zero-order valence-electron chi connectivity index (χ0n) is 9.40. The quantitative estimate of drug-likeness (QED) is 0.751. The molecule has 0 amide bonds. The van der Waals surface area contributed by atoms with Crippen LogP contribution in [0.1, 0.15) is 12.8 Å². The number of halogens is 1. The number of rotatable bonds is 1. The van der Waals surface area contributed by atoms with Crippen molar-refractivity contribution in [3.63, 3.8) is 0 Å². The molecule has 5 heteroatoms. The van der Waals surface area contributed by atoms with Crippen LogP contribution in [0.25, 0.3) is 0 Å². The number of aliphatic hydroxyl groups excluding tert-OH is 1. The molecule has 3 nitrogen and oxygen atoms in total. The van der Waals surface area contributed by atoms with Gasteiger partial charge >= 0.3 is 0 Å². The number of nitrogens with zero attached hydrogens (tertiary/aromatic N) is 1. The first-order valence-corrected chi connectivity index (χ1v) is 6.05. The maximum atomic E-state index is 12.7. The summed E-state index contributed by atoms with van der Waals surface area (Å²) in [5.41, 5.74) is 0.780. The molecule has 0 bridgehead atoms. The average molecular weight is 254 g/mol. The van der Waals surface area contributed by atoms with Crippen molar-refractivity contribution in [2.75, 3.05) is 18.4 Å². The number of hydrogen-bond acceptors (Lipinski definition) is 2. The molecule has 1 aromatic carbocycles. The topological polar surface area (TPSA) is 35.5 Å². The van der Waals surface area contributed by atoms with Gasteiger partial charge in [0, 0.05) is 18.8 Å². The lowest BCUT2D eigenvalue weighted by Gasteiger charge is -2.31. The monoisotopic (exact) mass is 254 g/mol. The number of hydrogen-bond donors (Lipinski definition) is 2. The summed E-state index contributed by atoms with van der Waals surface area (Å²) in [6.07, 6.45) is 1.27. The Morgan fingerprint density at radius 1 is 1.29 bits per heavy atom. The van der Waals surface area contributed by atoms with Crippen molar-refractivity contribution in [3.05, 3.63) is 30.1 Å². The van der Waals surface area contributed by atoms with Crippen molar-refractivity contribution in [3.8, 4) is 0 Å². The number of anilines is 1. The molecule has 1 aromatic rings. The minimum atomic E-state index is -0.262. The number of piperidine rings is 1. The fourth-order valence-corrected chi connectivity index (χ4v) is 2.11. The van der Waals surface area contributed by atoms with Crippen LogP contribution in [0.15, 0.2) is 24.3 Å². The first-order valence-electron chi connectivity index (χ1n) is 5.65. The van der Waals surface area contributed by atoms with Crippen molar-refractivity contribution in [2.45, 2.75) is 18.9 Å². The number of aliphatic hydroxyl groups is 1. The average Bonchev–Trinajstić information content (AvgIpc) is 2.33. The highest BCUT2D eigenvalue weighted by atomic mass is 32.1. The maximum absolute atomic E-state index is 12.7. The molecule has 1 fully saturated rings. The van der Waals surface area contributed by atoms with Gasteiger partial charge in [0.05, 0.1) is 6.10 Å². The fourth-order valence-electron chi connectivity index (χ4n) is 1.80. The molecule has 1 heterocycles. The second-order valence-electron chi connectivity index (χ2n) is 4.16. The van der Waals surface area contributed by atoms with Crippen LogP contribution >= 0.6 is 12.2 Å². The van der Waals surface area contributed by atoms with Crippen LogP contribution in [0.5, 0.6) is 0 Å². The first-order chi connectivity index (χ1) is 8.15. The third-order valence-electron chi connectivity index (χ3n) is 2.85. The second kappa shape index (κ2) is 5.42. The number of benzene rings is 1. The second-order valence-corrected chi connectivity index (χ2v) is 4.54. The zero-order chi connectivity index (χ0) is 12.3. The van der Waals surface area contributed by atoms with Crippen LogP contribution < -0.4 is 5.32 Å². The van der Waals surface area contributed by atoms with Crippen LogP contribution in [0.2, 0.25) is 0 Å². The molecule has 0 aliphatic carbocycles. The molecule has 0 radical (unpaired) electrons. The summed E-state index contributed by atoms with van der Waals surface area (Å²) < 4.78 is 12.7. The Kier molecular flexibility index (Phi) is 3.91. The van der Waals surface area contributed by atoms with Crippen LogP contribution in [0, 0.1) is 5.82 Å². The van der Waals surface area contributed by atoms with E-state index in [1.165, 1.54) is 12.1 Å². The number of likely N-dealkylation sites (tertiary alicyclic amines) is 1. The van der Waals surface area contributed by atoms with Crippen LogP contribution in [0.4, 0.5) is 10.1 Å². The van der Waals surface area contributed by atoms with Gasteiger partial charge in [-0.15, -0.1) is 0 Å². The molecule has 2 rings (SSSR count). The SMILES string of the molecule is OC1CCN(C(=S)Nc2ccc(F)cc2)CC1. The Morgan fingerprint density at radius 2 is 1.88 bits per heavy atom. The first kappa shape index (κ1) is 12.3. The summed E-state index contributed by atoms with van der Waals surface area (Å²) in [5.74, 6) is -0.262. The summed E-state index contributed by atoms with van der Waals surface area (Å²) in [7, 11) is 0. The highest BCUT2D eigenvalue weighted by Gasteiger charge is 2.18. The maximum Gasteiger partial charge on any atom is 0.173 e. The highest BCUT2D eigenvalue weighted by Crippen LogP contribution is 2.13. The van der Waals surface area contributed by atoms with Crippen molar-refractivity contribution in [1.82, 2.24) is 4.90 Å². The van der Waals surface area contributed by atoms with E-state index in [0.717, 1.165) is 31.6 Å². The third kappa shape index (κ3) is 3.38. The van der Waals surface area contributed by atoms with Crippen LogP contribution in [0.3, 0.4) is 0 Å². The molecular weight excluding hydrogens is 239 g/mol. The summed E-state index contributed by atoms with van der Waals surface area (Å²) in [5, 5.41) is 13.1. The molecular formula is C12H15FN2OS. The van der Waals surface area contributed by atoms with Gasteiger partial charge in [0.2, 0.25) is 0 Å². The van der Waals surface area contributed by atoms with Gasteiger partial charge in [0.1, 0.15) is 5.82 Å². The molecule has 0 aromatic heterocycles. The summed E-state index contributed by atoms with van der Waals surface area (Å²) in [4.78, 5) is 2.02. The van der Waals surface area contributed by atoms with Gasteiger partial charge in [-0.05, 0) is 49.3 Å². The Balaban J connectivity index is 1.90. The van der Waals surface area contributed by atoms with Gasteiger partial charge < -0.3 is 15.3 Å². The lowest BCUT2D eigenvalue weighted by atomic mass is 10.1. The smallest absolute Gasteiger partial charge is 0.173 e. The van der Waals surface area contributed by atoms with Crippen molar-refractivity contribution in [2.24, 2.45) is 0 Å². The van der Waals surface area contributed by atoms with Gasteiger partial charge in [-0.1, -0.05) is 0 Å². The molecule has 1 aliphatic rings. The standard InChI is InChI=1S/C12H15FN2OS/c13-9-1-3-10(4-2-9)14-12(17)15-7-5-11(16)6-8-15/h1-4,11,16H,5-8H2,(H,14,17). The fraction of sp³-hybridized carbons (Fsp3) is 0.417. The molecule has 0 saturated carbocycles. The van der Waals surface area contributed by atoms with E-state index in [1.807, 2.05) is 4.90 Å². The van der Waals surface area contributed by atoms with Gasteiger partial charge in [-0.2, -0.15) is 0 Å². The van der Waals surface area contributed by atoms with Gasteiger partial charge in [-0.3, -0.25) is 0 Å². The Hall–Kier alpha value is -1.20. The minimum absolute atomic E-state index is 0.208. The van der Waals surface area contributed by atoms with E-state index >= 15 is 0 Å². The molecule has 92 valence electrons. The van der Waals surface area contributed by atoms with Crippen molar-refractivity contribution in [1.29, 1.82) is 0 Å². The zero-order valence-corrected chi connectivity index (χ0v) is 10.2. The normalized spacial score (nSPS) is 16.9. The van der Waals surface area contributed by atoms with E-state index in [4.69, 9.17) is 12.2 Å². The van der Waals surface area contributed by atoms with E-state index in [-0.39, 0.29) is 11.9 Å². The van der Waals surface area contributed by atoms with E-state index in [0.29, 0.717) is 5.11 Å². The third-order valence-corrected chi connectivity index (χ3v) is 3.21. The number of thiocarbonyl (C=S) groups is 1. The number of nitrogens with one attached hydrogen (secondary N) is 1. The van der Waals surface area contributed by atoms with Crippen LogP contribution in [-0.2, 0) is 0 Å². The van der Waals surface area contributed by atoms with Gasteiger partial charge in [-0.25, -0.2) is 4.39 Å². The lowest BCUT2D eigenvalue weighted by Crippen LogP contribution is -2.42. The molecule has 2 N–H and O–H groups in total. The van der Waals surface area contributed by atoms with Crippen molar-refractivity contribution < 1.29 is 9.50 Å². The van der Waals surface area contributed by atoms with Crippen LogP contribution in [-0.4, -0.2) is 34.3 Å². The molecule has 1 aliphatic heterocycles. The molecule has 0 unspecified atom stereocenters. The predicted molar refractivity (Wildman–Crippen MR) is 69.4 cm³/mol. The minimum Gasteiger partial charge on any atom is -0.393 e. The Bertz CT molecular complexity index is 388. The van der Waals surface area contributed by atoms with E-state index in [9.17, 15) is 9.50 Å². The summed E-state index contributed by atoms with van der Waals surface area (Å²) in [6.45, 7) is 1.52. The lowest BCUT2D eigenvalue weighted by molar-refractivity contribution is 0.110. The molecule has 0 spiro atoms. The summed E-state index contributed by atoms with van der Waals surface area (Å²) >= 11 is 5.27. The van der Waals surface area contributed by atoms with Crippen molar-refractivity contribution >= 4 is 23.0 Å². The highest BCUT2D eigenvalue weighted by molar-refractivity contribution is 7.80. The largest absolute Gasteiger partial charge is 0.393 e.